The van der Waals surface area contributed by atoms with Gasteiger partial charge < -0.3 is 14.4 Å². The van der Waals surface area contributed by atoms with Crippen LogP contribution in [0.15, 0.2) is 23.1 Å². The third-order valence-corrected chi connectivity index (χ3v) is 7.65. The number of fused-ring (bicyclic) bond motifs is 1. The summed E-state index contributed by atoms with van der Waals surface area (Å²) in [6.07, 6.45) is 0.633. The van der Waals surface area contributed by atoms with Crippen LogP contribution in [-0.2, 0) is 25.6 Å². The Morgan fingerprint density at radius 3 is 2.41 bits per heavy atom. The van der Waals surface area contributed by atoms with Gasteiger partial charge >= 0.3 is 0 Å². The van der Waals surface area contributed by atoms with Crippen molar-refractivity contribution in [2.45, 2.75) is 30.3 Å². The van der Waals surface area contributed by atoms with Crippen LogP contribution in [0.25, 0.3) is 0 Å². The molecule has 3 heterocycles. The number of alkyl halides is 1. The van der Waals surface area contributed by atoms with Gasteiger partial charge in [0.1, 0.15) is 6.04 Å². The van der Waals surface area contributed by atoms with Crippen LogP contribution in [-0.4, -0.2) is 102 Å². The predicted molar refractivity (Wildman–Crippen MR) is 132 cm³/mol. The Bertz CT molecular complexity index is 896. The minimum Gasteiger partial charge on any atom is -0.365 e. The van der Waals surface area contributed by atoms with Crippen molar-refractivity contribution < 1.29 is 23.9 Å². The van der Waals surface area contributed by atoms with Crippen molar-refractivity contribution in [2.24, 2.45) is 0 Å². The van der Waals surface area contributed by atoms with E-state index in [1.54, 1.807) is 16.7 Å². The lowest BCUT2D eigenvalue weighted by molar-refractivity contribution is -0.136. The zero-order valence-electron chi connectivity index (χ0n) is 19.2. The summed E-state index contributed by atoms with van der Waals surface area (Å²) < 4.78 is 11.5. The van der Waals surface area contributed by atoms with Crippen molar-refractivity contribution in [3.8, 4) is 0 Å². The maximum Gasteiger partial charge on any atom is 0.255 e. The van der Waals surface area contributed by atoms with Gasteiger partial charge in [-0.2, -0.15) is 0 Å². The Kier molecular flexibility index (Phi) is 9.38. The van der Waals surface area contributed by atoms with Gasteiger partial charge in [0.25, 0.3) is 5.91 Å². The van der Waals surface area contributed by atoms with Crippen LogP contribution in [0.1, 0.15) is 28.8 Å². The highest BCUT2D eigenvalue weighted by Crippen LogP contribution is 2.34. The molecule has 11 heteroatoms. The van der Waals surface area contributed by atoms with Crippen molar-refractivity contribution in [1.82, 2.24) is 20.0 Å². The molecular formula is C23H31BrN4O5S. The van der Waals surface area contributed by atoms with E-state index in [-0.39, 0.29) is 24.1 Å². The number of nitrogens with one attached hydrogen (secondary N) is 1. The highest BCUT2D eigenvalue weighted by molar-refractivity contribution is 9.09. The molecule has 0 bridgehead atoms. The van der Waals surface area contributed by atoms with Crippen LogP contribution in [0.2, 0.25) is 0 Å². The van der Waals surface area contributed by atoms with Gasteiger partial charge in [0.2, 0.25) is 11.8 Å². The summed E-state index contributed by atoms with van der Waals surface area (Å²) in [6.45, 7) is 6.94. The first-order valence-corrected chi connectivity index (χ1v) is 13.7. The molecule has 2 fully saturated rings. The molecule has 1 N–H and O–H groups in total. The third kappa shape index (κ3) is 6.38. The zero-order chi connectivity index (χ0) is 23.9. The molecule has 186 valence electrons. The molecule has 2 saturated heterocycles. The molecule has 1 atom stereocenters. The average molecular weight is 555 g/mol. The van der Waals surface area contributed by atoms with E-state index in [4.69, 9.17) is 9.47 Å². The number of amides is 3. The Morgan fingerprint density at radius 2 is 1.74 bits per heavy atom. The Labute approximate surface area is 212 Å². The zero-order valence-corrected chi connectivity index (χ0v) is 21.6. The number of piperidine rings is 1. The summed E-state index contributed by atoms with van der Waals surface area (Å²) in [5.74, 6) is -0.0151. The van der Waals surface area contributed by atoms with Crippen LogP contribution >= 0.6 is 27.7 Å². The van der Waals surface area contributed by atoms with Gasteiger partial charge in [-0.1, -0.05) is 22.0 Å². The van der Waals surface area contributed by atoms with Crippen LogP contribution in [0.5, 0.6) is 0 Å². The number of piperazine rings is 1. The van der Waals surface area contributed by atoms with E-state index < -0.39 is 6.04 Å². The molecule has 1 aromatic rings. The van der Waals surface area contributed by atoms with Gasteiger partial charge in [-0.05, 0) is 24.1 Å². The maximum absolute atomic E-state index is 12.9. The van der Waals surface area contributed by atoms with Crippen molar-refractivity contribution in [3.63, 3.8) is 0 Å². The quantitative estimate of drug-likeness (QED) is 0.190. The van der Waals surface area contributed by atoms with Gasteiger partial charge in [-0.25, -0.2) is 0 Å². The van der Waals surface area contributed by atoms with E-state index in [9.17, 15) is 14.4 Å². The Balaban J connectivity index is 1.19. The molecule has 1 unspecified atom stereocenters. The molecule has 9 nitrogen and oxygen atoms in total. The number of carbonyl (C=O) groups is 3. The fraction of sp³-hybridized carbons (Fsp3) is 0.609. The molecular weight excluding hydrogens is 524 g/mol. The molecule has 3 aliphatic rings. The third-order valence-electron chi connectivity index (χ3n) is 6.26. The van der Waals surface area contributed by atoms with Crippen LogP contribution < -0.4 is 5.32 Å². The number of halogens is 1. The fourth-order valence-electron chi connectivity index (χ4n) is 4.39. The van der Waals surface area contributed by atoms with Gasteiger partial charge in [-0.3, -0.25) is 29.5 Å². The fourth-order valence-corrected chi connectivity index (χ4v) is 5.57. The average Bonchev–Trinajstić information content (AvgIpc) is 3.17. The number of rotatable bonds is 11. The lowest BCUT2D eigenvalue weighted by Crippen LogP contribution is -2.52. The van der Waals surface area contributed by atoms with Crippen LogP contribution in [0.3, 0.4) is 0 Å². The normalized spacial score (nSPS) is 21.7. The summed E-state index contributed by atoms with van der Waals surface area (Å²) in [6, 6.07) is 5.13. The molecule has 0 aliphatic carbocycles. The number of nitrogens with zero attached hydrogens (tertiary/aromatic N) is 3. The van der Waals surface area contributed by atoms with Gasteiger partial charge in [0.05, 0.1) is 26.7 Å². The molecule has 0 saturated carbocycles. The van der Waals surface area contributed by atoms with E-state index in [2.05, 4.69) is 31.0 Å². The van der Waals surface area contributed by atoms with Gasteiger partial charge in [0, 0.05) is 60.7 Å². The lowest BCUT2D eigenvalue weighted by Gasteiger charge is -2.34. The van der Waals surface area contributed by atoms with Crippen LogP contribution in [0.4, 0.5) is 0 Å². The van der Waals surface area contributed by atoms with Crippen molar-refractivity contribution in [3.05, 3.63) is 29.3 Å². The molecule has 4 rings (SSSR count). The molecule has 3 amide bonds. The lowest BCUT2D eigenvalue weighted by atomic mass is 10.0. The van der Waals surface area contributed by atoms with E-state index in [1.165, 1.54) is 0 Å². The second-order valence-electron chi connectivity index (χ2n) is 8.53. The molecule has 34 heavy (non-hydrogen) atoms. The van der Waals surface area contributed by atoms with Crippen molar-refractivity contribution in [2.75, 3.05) is 63.9 Å². The number of imide groups is 1. The van der Waals surface area contributed by atoms with Crippen molar-refractivity contribution >= 4 is 45.4 Å². The Morgan fingerprint density at radius 1 is 1.03 bits per heavy atom. The second-order valence-corrected chi connectivity index (χ2v) is 10.5. The van der Waals surface area contributed by atoms with E-state index >= 15 is 0 Å². The monoisotopic (exact) mass is 554 g/mol. The van der Waals surface area contributed by atoms with Crippen molar-refractivity contribution in [1.29, 1.82) is 0 Å². The molecule has 1 aromatic carbocycles. The number of ether oxygens (including phenoxy) is 2. The summed E-state index contributed by atoms with van der Waals surface area (Å²) in [7, 11) is 0. The SMILES string of the molecule is O=C1CCC(N2Cc3c(SCCOCN4CCN(COCCBr)CC4)cccc3C2=O)C(=O)N1. The highest BCUT2D eigenvalue weighted by Gasteiger charge is 2.39. The summed E-state index contributed by atoms with van der Waals surface area (Å²) >= 11 is 5.04. The van der Waals surface area contributed by atoms with Gasteiger partial charge in [0.15, 0.2) is 0 Å². The minimum absolute atomic E-state index is 0.139. The topological polar surface area (TPSA) is 91.4 Å². The number of hydrogen-bond donors (Lipinski definition) is 1. The predicted octanol–water partition coefficient (Wildman–Crippen LogP) is 1.50. The number of thioether (sulfide) groups is 1. The summed E-state index contributed by atoms with van der Waals surface area (Å²) in [4.78, 5) is 43.9. The van der Waals surface area contributed by atoms with E-state index in [0.29, 0.717) is 38.6 Å². The molecule has 0 aromatic heterocycles. The Hall–Kier alpha value is -1.50. The first kappa shape index (κ1) is 25.6. The molecule has 0 spiro atoms. The van der Waals surface area contributed by atoms with E-state index in [0.717, 1.165) is 54.3 Å². The second kappa shape index (κ2) is 12.5. The smallest absolute Gasteiger partial charge is 0.255 e. The first-order valence-electron chi connectivity index (χ1n) is 11.6. The maximum atomic E-state index is 12.9. The number of hydrogen-bond acceptors (Lipinski definition) is 8. The minimum atomic E-state index is -0.588. The standard InChI is InChI=1S/C23H31BrN4O5S/c24-6-11-32-15-26-7-9-27(10-8-26)16-33-12-13-34-20-3-1-2-17-18(20)14-28(23(17)31)19-4-5-21(29)25-22(19)30/h1-3,19H,4-16H2,(H,25,29,30). The van der Waals surface area contributed by atoms with E-state index in [1.807, 2.05) is 18.2 Å². The largest absolute Gasteiger partial charge is 0.365 e. The van der Waals surface area contributed by atoms with Gasteiger partial charge in [-0.15, -0.1) is 11.8 Å². The van der Waals surface area contributed by atoms with Crippen LogP contribution in [0, 0.1) is 0 Å². The molecule has 0 radical (unpaired) electrons. The first-order chi connectivity index (χ1) is 16.6. The number of carbonyl (C=O) groups excluding carboxylic acids is 3. The summed E-state index contributed by atoms with van der Waals surface area (Å²) in [5.41, 5.74) is 1.61. The molecule has 3 aliphatic heterocycles. The number of benzene rings is 1. The highest BCUT2D eigenvalue weighted by atomic mass is 79.9. The summed E-state index contributed by atoms with van der Waals surface area (Å²) in [5, 5.41) is 3.21.